The smallest absolute Gasteiger partial charge is 0.296 e. The van der Waals surface area contributed by atoms with E-state index in [0.717, 1.165) is 11.1 Å². The molecule has 0 atom stereocenters. The summed E-state index contributed by atoms with van der Waals surface area (Å²) in [6, 6.07) is 5.26. The van der Waals surface area contributed by atoms with Gasteiger partial charge in [-0.3, -0.25) is 4.18 Å². The normalized spacial score (nSPS) is 17.1. The van der Waals surface area contributed by atoms with Crippen LogP contribution in [0.2, 0.25) is 0 Å². The Hall–Kier alpha value is -0.910. The lowest BCUT2D eigenvalue weighted by Gasteiger charge is -2.28. The lowest BCUT2D eigenvalue weighted by molar-refractivity contribution is 0.00725. The van der Waals surface area contributed by atoms with Crippen LogP contribution in [0.1, 0.15) is 17.0 Å². The lowest BCUT2D eigenvalue weighted by atomic mass is 9.96. The van der Waals surface area contributed by atoms with Crippen molar-refractivity contribution in [2.24, 2.45) is 0 Å². The first-order valence-electron chi connectivity index (χ1n) is 5.03. The second-order valence-corrected chi connectivity index (χ2v) is 5.58. The zero-order valence-corrected chi connectivity index (χ0v) is 10.1. The van der Waals surface area contributed by atoms with Crippen molar-refractivity contribution in [3.63, 3.8) is 0 Å². The number of rotatable bonds is 3. The summed E-state index contributed by atoms with van der Waals surface area (Å²) in [7, 11) is -2.45. The Labute approximate surface area is 95.3 Å². The zero-order chi connectivity index (χ0) is 11.8. The van der Waals surface area contributed by atoms with E-state index in [-0.39, 0.29) is 10.8 Å². The molecular formula is C11H14O4S. The van der Waals surface area contributed by atoms with Crippen LogP contribution in [-0.2, 0) is 19.0 Å². The van der Waals surface area contributed by atoms with E-state index in [1.54, 1.807) is 12.1 Å². The van der Waals surface area contributed by atoms with Crippen molar-refractivity contribution in [1.29, 1.82) is 0 Å². The Kier molecular flexibility index (Phi) is 3.01. The lowest BCUT2D eigenvalue weighted by Crippen LogP contribution is -2.27. The summed E-state index contributed by atoms with van der Waals surface area (Å²) in [6.07, 6.45) is 0. The van der Waals surface area contributed by atoms with Crippen LogP contribution in [0.5, 0.6) is 0 Å². The van der Waals surface area contributed by atoms with Crippen LogP contribution in [-0.4, -0.2) is 28.7 Å². The molecule has 0 aromatic heterocycles. The minimum absolute atomic E-state index is 0.167. The van der Waals surface area contributed by atoms with E-state index in [9.17, 15) is 8.42 Å². The Balaban J connectivity index is 2.52. The van der Waals surface area contributed by atoms with Gasteiger partial charge in [-0.15, -0.1) is 0 Å². The Morgan fingerprint density at radius 3 is 2.56 bits per heavy atom. The summed E-state index contributed by atoms with van der Waals surface area (Å²) in [5, 5.41) is 0. The van der Waals surface area contributed by atoms with Gasteiger partial charge in [0.15, 0.2) is 0 Å². The second kappa shape index (κ2) is 4.16. The van der Waals surface area contributed by atoms with Gasteiger partial charge in [0.2, 0.25) is 0 Å². The van der Waals surface area contributed by atoms with E-state index in [2.05, 4.69) is 4.18 Å². The molecule has 5 heteroatoms. The van der Waals surface area contributed by atoms with Gasteiger partial charge < -0.3 is 4.74 Å². The molecular weight excluding hydrogens is 228 g/mol. The van der Waals surface area contributed by atoms with Crippen LogP contribution in [0.25, 0.3) is 0 Å². The Morgan fingerprint density at radius 2 is 2.06 bits per heavy atom. The minimum Gasteiger partial charge on any atom is -0.380 e. The highest BCUT2D eigenvalue weighted by molar-refractivity contribution is 7.86. The van der Waals surface area contributed by atoms with Gasteiger partial charge >= 0.3 is 0 Å². The summed E-state index contributed by atoms with van der Waals surface area (Å²) < 4.78 is 33.1. The molecule has 4 nitrogen and oxygen atoms in total. The molecule has 1 heterocycles. The van der Waals surface area contributed by atoms with Crippen molar-refractivity contribution < 1.29 is 17.3 Å². The number of aryl methyl sites for hydroxylation is 1. The highest BCUT2D eigenvalue weighted by atomic mass is 32.2. The van der Waals surface area contributed by atoms with E-state index in [4.69, 9.17) is 4.74 Å². The van der Waals surface area contributed by atoms with Gasteiger partial charge in [-0.1, -0.05) is 17.7 Å². The summed E-state index contributed by atoms with van der Waals surface area (Å²) in [4.78, 5) is 0.258. The molecule has 16 heavy (non-hydrogen) atoms. The first-order valence-corrected chi connectivity index (χ1v) is 6.44. The van der Waals surface area contributed by atoms with E-state index >= 15 is 0 Å². The molecule has 1 aromatic carbocycles. The van der Waals surface area contributed by atoms with Crippen LogP contribution in [0, 0.1) is 6.92 Å². The largest absolute Gasteiger partial charge is 0.380 e. The van der Waals surface area contributed by atoms with Gasteiger partial charge in [0.25, 0.3) is 10.1 Å². The van der Waals surface area contributed by atoms with Crippen molar-refractivity contribution in [3.05, 3.63) is 29.3 Å². The SMILES string of the molecule is COS(=O)(=O)c1ccc(C)cc1C1COC1. The first-order chi connectivity index (χ1) is 7.54. The molecule has 1 aromatic rings. The third-order valence-electron chi connectivity index (χ3n) is 2.73. The maximum absolute atomic E-state index is 11.7. The fourth-order valence-corrected chi connectivity index (χ4v) is 2.65. The standard InChI is InChI=1S/C11H14O4S/c1-8-3-4-11(16(12,13)14-2)10(5-8)9-6-15-7-9/h3-5,9H,6-7H2,1-2H3. The molecule has 0 bridgehead atoms. The molecule has 88 valence electrons. The molecule has 0 aliphatic carbocycles. The average Bonchev–Trinajstić information content (AvgIpc) is 2.15. The number of hydrogen-bond donors (Lipinski definition) is 0. The average molecular weight is 242 g/mol. The summed E-state index contributed by atoms with van der Waals surface area (Å²) in [5.41, 5.74) is 1.84. The minimum atomic E-state index is -3.62. The van der Waals surface area contributed by atoms with Crippen LogP contribution in [0.15, 0.2) is 23.1 Å². The first kappa shape index (κ1) is 11.6. The summed E-state index contributed by atoms with van der Waals surface area (Å²) in [5.74, 6) is 0.167. The number of hydrogen-bond acceptors (Lipinski definition) is 4. The molecule has 0 amide bonds. The van der Waals surface area contributed by atoms with E-state index in [0.29, 0.717) is 13.2 Å². The van der Waals surface area contributed by atoms with Gasteiger partial charge in [-0.05, 0) is 18.6 Å². The van der Waals surface area contributed by atoms with Crippen molar-refractivity contribution in [3.8, 4) is 0 Å². The molecule has 2 rings (SSSR count). The fraction of sp³-hybridized carbons (Fsp3) is 0.455. The maximum atomic E-state index is 11.7. The van der Waals surface area contributed by atoms with Gasteiger partial charge in [0.1, 0.15) is 0 Å². The van der Waals surface area contributed by atoms with Gasteiger partial charge in [-0.25, -0.2) is 0 Å². The van der Waals surface area contributed by atoms with Gasteiger partial charge in [-0.2, -0.15) is 8.42 Å². The monoisotopic (exact) mass is 242 g/mol. The molecule has 1 aliphatic rings. The van der Waals surface area contributed by atoms with Crippen molar-refractivity contribution in [1.82, 2.24) is 0 Å². The number of ether oxygens (including phenoxy) is 1. The zero-order valence-electron chi connectivity index (χ0n) is 9.26. The molecule has 0 spiro atoms. The molecule has 1 saturated heterocycles. The predicted molar refractivity (Wildman–Crippen MR) is 58.9 cm³/mol. The third-order valence-corrected chi connectivity index (χ3v) is 4.08. The van der Waals surface area contributed by atoms with Gasteiger partial charge in [0.05, 0.1) is 25.2 Å². The quantitative estimate of drug-likeness (QED) is 0.753. The van der Waals surface area contributed by atoms with Crippen LogP contribution in [0.3, 0.4) is 0 Å². The molecule has 0 radical (unpaired) electrons. The molecule has 1 fully saturated rings. The topological polar surface area (TPSA) is 52.6 Å². The number of benzene rings is 1. The van der Waals surface area contributed by atoms with E-state index in [1.165, 1.54) is 7.11 Å². The van der Waals surface area contributed by atoms with Crippen LogP contribution < -0.4 is 0 Å². The highest BCUT2D eigenvalue weighted by Gasteiger charge is 2.28. The van der Waals surface area contributed by atoms with Crippen molar-refractivity contribution >= 4 is 10.1 Å². The summed E-state index contributed by atoms with van der Waals surface area (Å²) >= 11 is 0. The maximum Gasteiger partial charge on any atom is 0.296 e. The van der Waals surface area contributed by atoms with Crippen molar-refractivity contribution in [2.45, 2.75) is 17.7 Å². The summed E-state index contributed by atoms with van der Waals surface area (Å²) in [6.45, 7) is 3.09. The Morgan fingerprint density at radius 1 is 1.38 bits per heavy atom. The molecule has 0 N–H and O–H groups in total. The van der Waals surface area contributed by atoms with Crippen molar-refractivity contribution in [2.75, 3.05) is 20.3 Å². The third kappa shape index (κ3) is 1.98. The van der Waals surface area contributed by atoms with E-state index in [1.807, 2.05) is 13.0 Å². The molecule has 1 aliphatic heterocycles. The van der Waals surface area contributed by atoms with Gasteiger partial charge in [0, 0.05) is 5.92 Å². The molecule has 0 saturated carbocycles. The van der Waals surface area contributed by atoms with Crippen LogP contribution in [0.4, 0.5) is 0 Å². The highest BCUT2D eigenvalue weighted by Crippen LogP contribution is 2.31. The predicted octanol–water partition coefficient (Wildman–Crippen LogP) is 1.44. The molecule has 0 unspecified atom stereocenters. The second-order valence-electron chi connectivity index (χ2n) is 3.90. The fourth-order valence-electron chi connectivity index (χ4n) is 1.72. The van der Waals surface area contributed by atoms with Crippen LogP contribution >= 0.6 is 0 Å². The van der Waals surface area contributed by atoms with E-state index < -0.39 is 10.1 Å². The Bertz CT molecular complexity index is 489.